The number of fused-ring (bicyclic) bond motifs is 1. The Morgan fingerprint density at radius 3 is 2.50 bits per heavy atom. The van der Waals surface area contributed by atoms with Gasteiger partial charge >= 0.3 is 12.3 Å². The molecule has 2 aromatic heterocycles. The average molecular weight is 460 g/mol. The van der Waals surface area contributed by atoms with Crippen LogP contribution in [-0.2, 0) is 12.3 Å². The highest BCUT2D eigenvalue weighted by molar-refractivity contribution is 6.07. The van der Waals surface area contributed by atoms with Crippen molar-refractivity contribution in [1.29, 1.82) is 0 Å². The molecular formula is C20H17F5N2O5. The maximum absolute atomic E-state index is 14.6. The summed E-state index contributed by atoms with van der Waals surface area (Å²) in [6.07, 6.45) is -8.79. The number of furan rings is 1. The number of nitrogens with zero attached hydrogens (tertiary/aromatic N) is 1. The SMILES string of the molecule is Cc1oc2ccc(OC(F)(F)c3cccnc3C(F)(F)F)cc2c1C(=O)NC(CO)CO. The molecule has 2 heterocycles. The van der Waals surface area contributed by atoms with Crippen LogP contribution in [0.4, 0.5) is 22.0 Å². The van der Waals surface area contributed by atoms with Crippen LogP contribution in [0.2, 0.25) is 0 Å². The van der Waals surface area contributed by atoms with Gasteiger partial charge in [0.25, 0.3) is 5.91 Å². The number of aliphatic hydroxyl groups excluding tert-OH is 2. The summed E-state index contributed by atoms with van der Waals surface area (Å²) in [4.78, 5) is 15.5. The minimum Gasteiger partial charge on any atom is -0.461 e. The smallest absolute Gasteiger partial charge is 0.433 e. The second kappa shape index (κ2) is 8.71. The van der Waals surface area contributed by atoms with Gasteiger partial charge in [-0.25, -0.2) is 0 Å². The second-order valence-electron chi connectivity index (χ2n) is 6.74. The summed E-state index contributed by atoms with van der Waals surface area (Å²) in [5.41, 5.74) is -3.20. The standard InChI is InChI=1S/C20H17F5N2O5/c1-10-16(18(30)27-11(8-28)9-29)13-7-12(4-5-15(13)31-10)32-20(24,25)14-3-2-6-26-17(14)19(21,22)23/h2-7,11,28-29H,8-9H2,1H3,(H,27,30). The Hall–Kier alpha value is -3.25. The second-order valence-corrected chi connectivity index (χ2v) is 6.74. The predicted octanol–water partition coefficient (Wildman–Crippen LogP) is 3.37. The zero-order valence-corrected chi connectivity index (χ0v) is 16.4. The van der Waals surface area contributed by atoms with Crippen molar-refractivity contribution in [2.75, 3.05) is 13.2 Å². The molecule has 172 valence electrons. The van der Waals surface area contributed by atoms with Crippen molar-refractivity contribution in [3.63, 3.8) is 0 Å². The number of carbonyl (C=O) groups excluding carboxylic acids is 1. The number of carbonyl (C=O) groups is 1. The maximum Gasteiger partial charge on any atom is 0.433 e. The number of hydrogen-bond acceptors (Lipinski definition) is 6. The Balaban J connectivity index is 1.98. The van der Waals surface area contributed by atoms with Gasteiger partial charge in [-0.1, -0.05) is 0 Å². The van der Waals surface area contributed by atoms with Crippen LogP contribution >= 0.6 is 0 Å². The molecule has 1 amide bonds. The van der Waals surface area contributed by atoms with Gasteiger partial charge in [0.1, 0.15) is 17.1 Å². The van der Waals surface area contributed by atoms with Crippen molar-refractivity contribution < 1.29 is 46.1 Å². The van der Waals surface area contributed by atoms with E-state index in [0.29, 0.717) is 6.07 Å². The molecule has 0 saturated carbocycles. The number of rotatable bonds is 7. The molecule has 0 unspecified atom stereocenters. The van der Waals surface area contributed by atoms with Crippen molar-refractivity contribution in [2.24, 2.45) is 0 Å². The highest BCUT2D eigenvalue weighted by Crippen LogP contribution is 2.40. The zero-order chi connectivity index (χ0) is 23.7. The molecule has 0 atom stereocenters. The Kier molecular flexibility index (Phi) is 6.37. The number of ether oxygens (including phenoxy) is 1. The Morgan fingerprint density at radius 1 is 1.19 bits per heavy atom. The van der Waals surface area contributed by atoms with Crippen molar-refractivity contribution in [1.82, 2.24) is 10.3 Å². The van der Waals surface area contributed by atoms with Gasteiger partial charge in [-0.05, 0) is 37.3 Å². The molecule has 3 rings (SSSR count). The van der Waals surface area contributed by atoms with E-state index in [2.05, 4.69) is 15.0 Å². The summed E-state index contributed by atoms with van der Waals surface area (Å²) in [5, 5.41) is 20.7. The Morgan fingerprint density at radius 2 is 1.88 bits per heavy atom. The molecule has 12 heteroatoms. The van der Waals surface area contributed by atoms with Crippen LogP contribution in [0.1, 0.15) is 27.4 Å². The Labute approximate surface area is 177 Å². The van der Waals surface area contributed by atoms with Gasteiger partial charge < -0.3 is 24.7 Å². The van der Waals surface area contributed by atoms with E-state index >= 15 is 0 Å². The van der Waals surface area contributed by atoms with Gasteiger partial charge in [0, 0.05) is 11.6 Å². The molecule has 0 radical (unpaired) electrons. The van der Waals surface area contributed by atoms with Crippen LogP contribution in [0.5, 0.6) is 5.75 Å². The summed E-state index contributed by atoms with van der Waals surface area (Å²) in [5.74, 6) is -1.18. The van der Waals surface area contributed by atoms with Crippen LogP contribution in [0.25, 0.3) is 11.0 Å². The van der Waals surface area contributed by atoms with Crippen molar-refractivity contribution in [2.45, 2.75) is 25.3 Å². The molecule has 32 heavy (non-hydrogen) atoms. The average Bonchev–Trinajstić information content (AvgIpc) is 3.06. The quantitative estimate of drug-likeness (QED) is 0.467. The van der Waals surface area contributed by atoms with E-state index in [1.54, 1.807) is 0 Å². The topological polar surface area (TPSA) is 105 Å². The lowest BCUT2D eigenvalue weighted by Gasteiger charge is -2.21. The van der Waals surface area contributed by atoms with Crippen molar-refractivity contribution in [3.05, 3.63) is 59.1 Å². The number of amides is 1. The van der Waals surface area contributed by atoms with Gasteiger partial charge in [-0.2, -0.15) is 22.0 Å². The fourth-order valence-corrected chi connectivity index (χ4v) is 3.02. The van der Waals surface area contributed by atoms with Gasteiger partial charge in [0.15, 0.2) is 5.69 Å². The predicted molar refractivity (Wildman–Crippen MR) is 100 cm³/mol. The lowest BCUT2D eigenvalue weighted by molar-refractivity contribution is -0.196. The number of alkyl halides is 5. The lowest BCUT2D eigenvalue weighted by Crippen LogP contribution is -2.40. The number of aromatic nitrogens is 1. The molecule has 0 bridgehead atoms. The summed E-state index contributed by atoms with van der Waals surface area (Å²) >= 11 is 0. The third-order valence-corrected chi connectivity index (χ3v) is 4.47. The summed E-state index contributed by atoms with van der Waals surface area (Å²) in [6, 6.07) is 3.79. The van der Waals surface area contributed by atoms with E-state index < -0.39 is 54.5 Å². The zero-order valence-electron chi connectivity index (χ0n) is 16.4. The first-order valence-electron chi connectivity index (χ1n) is 9.13. The highest BCUT2D eigenvalue weighted by atomic mass is 19.4. The summed E-state index contributed by atoms with van der Waals surface area (Å²) in [6.45, 7) is 0.330. The molecule has 7 nitrogen and oxygen atoms in total. The first kappa shape index (κ1) is 23.4. The van der Waals surface area contributed by atoms with Gasteiger partial charge in [-0.15, -0.1) is 0 Å². The number of benzene rings is 1. The fraction of sp³-hybridized carbons (Fsp3) is 0.300. The summed E-state index contributed by atoms with van der Waals surface area (Å²) < 4.78 is 78.5. The molecule has 0 aliphatic rings. The van der Waals surface area contributed by atoms with Crippen molar-refractivity contribution >= 4 is 16.9 Å². The van der Waals surface area contributed by atoms with E-state index in [1.807, 2.05) is 0 Å². The van der Waals surface area contributed by atoms with Crippen LogP contribution in [0, 0.1) is 6.92 Å². The normalized spacial score (nSPS) is 12.4. The van der Waals surface area contributed by atoms with E-state index in [-0.39, 0.29) is 22.3 Å². The van der Waals surface area contributed by atoms with Crippen LogP contribution in [0.3, 0.4) is 0 Å². The van der Waals surface area contributed by atoms with E-state index in [0.717, 1.165) is 24.4 Å². The highest BCUT2D eigenvalue weighted by Gasteiger charge is 2.46. The van der Waals surface area contributed by atoms with Gasteiger partial charge in [0.2, 0.25) is 0 Å². The van der Waals surface area contributed by atoms with Gasteiger partial charge in [0.05, 0.1) is 30.4 Å². The van der Waals surface area contributed by atoms with Crippen LogP contribution < -0.4 is 10.1 Å². The largest absolute Gasteiger partial charge is 0.461 e. The van der Waals surface area contributed by atoms with E-state index in [9.17, 15) is 26.7 Å². The van der Waals surface area contributed by atoms with Crippen LogP contribution in [0.15, 0.2) is 40.9 Å². The van der Waals surface area contributed by atoms with E-state index in [1.165, 1.54) is 13.0 Å². The molecule has 3 N–H and O–H groups in total. The van der Waals surface area contributed by atoms with E-state index in [4.69, 9.17) is 14.6 Å². The number of pyridine rings is 1. The molecule has 1 aromatic carbocycles. The molecule has 0 aliphatic carbocycles. The monoisotopic (exact) mass is 460 g/mol. The third kappa shape index (κ3) is 4.65. The number of aryl methyl sites for hydroxylation is 1. The first-order valence-corrected chi connectivity index (χ1v) is 9.13. The molecule has 0 fully saturated rings. The van der Waals surface area contributed by atoms with Crippen molar-refractivity contribution in [3.8, 4) is 5.75 Å². The lowest BCUT2D eigenvalue weighted by atomic mass is 10.1. The number of hydrogen-bond donors (Lipinski definition) is 3. The maximum atomic E-state index is 14.6. The first-order chi connectivity index (χ1) is 15.0. The molecule has 0 saturated heterocycles. The van der Waals surface area contributed by atoms with Gasteiger partial charge in [-0.3, -0.25) is 9.78 Å². The molecule has 0 aliphatic heterocycles. The minimum absolute atomic E-state index is 0.0464. The minimum atomic E-state index is -5.13. The molecule has 0 spiro atoms. The van der Waals surface area contributed by atoms with Crippen LogP contribution in [-0.4, -0.2) is 40.4 Å². The third-order valence-electron chi connectivity index (χ3n) is 4.47. The number of halogens is 5. The molecule has 3 aromatic rings. The Bertz CT molecular complexity index is 1130. The number of aliphatic hydroxyl groups is 2. The molecular weight excluding hydrogens is 443 g/mol. The summed E-state index contributed by atoms with van der Waals surface area (Å²) in [7, 11) is 0. The number of nitrogens with one attached hydrogen (secondary N) is 1. The fourth-order valence-electron chi connectivity index (χ4n) is 3.02.